The highest BCUT2D eigenvalue weighted by atomic mass is 35.5. The van der Waals surface area contributed by atoms with E-state index >= 15 is 0 Å². The fraction of sp³-hybridized carbons (Fsp3) is 0.438. The number of carbonyl (C=O) groups excluding carboxylic acids is 1. The largest absolute Gasteiger partial charge is 0.349 e. The first-order chi connectivity index (χ1) is 10.7. The van der Waals surface area contributed by atoms with Crippen molar-refractivity contribution >= 4 is 39.6 Å². The number of nitrogens with zero attached hydrogens (tertiary/aromatic N) is 4. The number of aromatic nitrogens is 4. The van der Waals surface area contributed by atoms with Gasteiger partial charge in [-0.05, 0) is 18.9 Å². The third-order valence-corrected chi connectivity index (χ3v) is 4.98. The molecule has 0 bridgehead atoms. The molecule has 1 fully saturated rings. The summed E-state index contributed by atoms with van der Waals surface area (Å²) in [4.78, 5) is 21.5. The van der Waals surface area contributed by atoms with Crippen molar-refractivity contribution in [3.05, 3.63) is 23.7 Å². The van der Waals surface area contributed by atoms with Gasteiger partial charge in [-0.3, -0.25) is 9.36 Å². The normalized spacial score (nSPS) is 16.6. The Balaban J connectivity index is 1.99. The van der Waals surface area contributed by atoms with Crippen molar-refractivity contribution in [2.75, 3.05) is 0 Å². The Labute approximate surface area is 132 Å². The van der Waals surface area contributed by atoms with Gasteiger partial charge in [0.05, 0.1) is 16.4 Å². The van der Waals surface area contributed by atoms with Gasteiger partial charge in [0.25, 0.3) is 0 Å². The molecule has 1 aliphatic carbocycles. The predicted octanol–water partition coefficient (Wildman–Crippen LogP) is 3.80. The van der Waals surface area contributed by atoms with E-state index in [0.29, 0.717) is 10.8 Å². The molecule has 114 valence electrons. The molecule has 0 aliphatic heterocycles. The van der Waals surface area contributed by atoms with E-state index < -0.39 is 0 Å². The molecule has 0 radical (unpaired) electrons. The molecule has 0 unspecified atom stereocenters. The Bertz CT molecular complexity index is 873. The van der Waals surface area contributed by atoms with Crippen molar-refractivity contribution in [2.45, 2.75) is 32.1 Å². The molecule has 6 heteroatoms. The average Bonchev–Trinajstić information content (AvgIpc) is 3.06. The molecule has 0 atom stereocenters. The third kappa shape index (κ3) is 1.88. The van der Waals surface area contributed by atoms with Crippen LogP contribution in [-0.2, 0) is 7.05 Å². The molecular weight excluding hydrogens is 300 g/mol. The smallest absolute Gasteiger partial charge is 0.235 e. The number of halogens is 1. The minimum absolute atomic E-state index is 0.0847. The van der Waals surface area contributed by atoms with Crippen LogP contribution in [0.15, 0.2) is 18.6 Å². The van der Waals surface area contributed by atoms with Crippen LogP contribution in [-0.4, -0.2) is 25.0 Å². The zero-order valence-corrected chi connectivity index (χ0v) is 13.2. The molecule has 0 N–H and O–H groups in total. The van der Waals surface area contributed by atoms with E-state index in [4.69, 9.17) is 11.6 Å². The highest BCUT2D eigenvalue weighted by Gasteiger charge is 2.27. The van der Waals surface area contributed by atoms with E-state index in [2.05, 4.69) is 9.97 Å². The van der Waals surface area contributed by atoms with Crippen molar-refractivity contribution in [3.8, 4) is 0 Å². The standard InChI is InChI=1S/C16H17ClN4O/c1-20-8-7-11-13(20)12-14(17)18-9-19-15(12)21(11)16(22)10-5-3-2-4-6-10/h7-10H,2-6H2,1H3. The number of hydrogen-bond donors (Lipinski definition) is 0. The summed E-state index contributed by atoms with van der Waals surface area (Å²) in [5.41, 5.74) is 2.41. The molecule has 1 saturated carbocycles. The number of fused-ring (bicyclic) bond motifs is 3. The Hall–Kier alpha value is -1.88. The van der Waals surface area contributed by atoms with Gasteiger partial charge in [0.2, 0.25) is 5.91 Å². The molecular formula is C16H17ClN4O. The second-order valence-electron chi connectivity index (χ2n) is 6.03. The summed E-state index contributed by atoms with van der Waals surface area (Å²) < 4.78 is 3.71. The fourth-order valence-electron chi connectivity index (χ4n) is 3.60. The van der Waals surface area contributed by atoms with Crippen LogP contribution in [0.25, 0.3) is 22.1 Å². The summed E-state index contributed by atoms with van der Waals surface area (Å²) in [6.07, 6.45) is 8.78. The summed E-state index contributed by atoms with van der Waals surface area (Å²) in [6.45, 7) is 0. The van der Waals surface area contributed by atoms with Crippen molar-refractivity contribution in [1.82, 2.24) is 19.1 Å². The third-order valence-electron chi connectivity index (χ3n) is 4.70. The number of rotatable bonds is 1. The van der Waals surface area contributed by atoms with Crippen LogP contribution >= 0.6 is 11.6 Å². The highest BCUT2D eigenvalue weighted by molar-refractivity contribution is 6.36. The lowest BCUT2D eigenvalue weighted by atomic mass is 9.88. The van der Waals surface area contributed by atoms with Crippen molar-refractivity contribution in [2.24, 2.45) is 13.0 Å². The van der Waals surface area contributed by atoms with Crippen LogP contribution in [0.2, 0.25) is 5.15 Å². The van der Waals surface area contributed by atoms with Crippen LogP contribution < -0.4 is 0 Å². The summed E-state index contributed by atoms with van der Waals surface area (Å²) in [6, 6.07) is 1.95. The van der Waals surface area contributed by atoms with Crippen molar-refractivity contribution < 1.29 is 4.79 Å². The van der Waals surface area contributed by atoms with Gasteiger partial charge in [-0.25, -0.2) is 9.97 Å². The van der Waals surface area contributed by atoms with E-state index in [1.807, 2.05) is 23.9 Å². The Morgan fingerprint density at radius 1 is 1.27 bits per heavy atom. The zero-order chi connectivity index (χ0) is 15.3. The van der Waals surface area contributed by atoms with E-state index in [9.17, 15) is 4.79 Å². The lowest BCUT2D eigenvalue weighted by Crippen LogP contribution is -2.23. The zero-order valence-electron chi connectivity index (χ0n) is 12.4. The van der Waals surface area contributed by atoms with E-state index in [0.717, 1.165) is 42.1 Å². The molecule has 0 spiro atoms. The molecule has 0 amide bonds. The summed E-state index contributed by atoms with van der Waals surface area (Å²) in [7, 11) is 1.94. The maximum absolute atomic E-state index is 13.1. The molecule has 0 saturated heterocycles. The maximum Gasteiger partial charge on any atom is 0.235 e. The number of carbonyl (C=O) groups is 1. The lowest BCUT2D eigenvalue weighted by Gasteiger charge is -2.20. The number of hydrogen-bond acceptors (Lipinski definition) is 3. The van der Waals surface area contributed by atoms with Crippen LogP contribution in [0, 0.1) is 5.92 Å². The maximum atomic E-state index is 13.1. The molecule has 3 aromatic rings. The molecule has 5 nitrogen and oxygen atoms in total. The van der Waals surface area contributed by atoms with E-state index in [1.165, 1.54) is 12.7 Å². The summed E-state index contributed by atoms with van der Waals surface area (Å²) >= 11 is 6.28. The summed E-state index contributed by atoms with van der Waals surface area (Å²) in [5.74, 6) is 0.224. The quantitative estimate of drug-likeness (QED) is 0.642. The minimum Gasteiger partial charge on any atom is -0.349 e. The van der Waals surface area contributed by atoms with Gasteiger partial charge in [0.15, 0.2) is 5.65 Å². The van der Waals surface area contributed by atoms with E-state index in [1.54, 1.807) is 4.57 Å². The second kappa shape index (κ2) is 5.09. The van der Waals surface area contributed by atoms with Gasteiger partial charge in [-0.2, -0.15) is 0 Å². The van der Waals surface area contributed by atoms with Crippen LogP contribution in [0.4, 0.5) is 0 Å². The van der Waals surface area contributed by atoms with Crippen molar-refractivity contribution in [3.63, 3.8) is 0 Å². The second-order valence-corrected chi connectivity index (χ2v) is 6.39. The Morgan fingerprint density at radius 3 is 2.82 bits per heavy atom. The fourth-order valence-corrected chi connectivity index (χ4v) is 3.82. The molecule has 1 aliphatic rings. The van der Waals surface area contributed by atoms with Gasteiger partial charge in [0.1, 0.15) is 11.5 Å². The first-order valence-corrected chi connectivity index (χ1v) is 8.06. The van der Waals surface area contributed by atoms with Gasteiger partial charge < -0.3 is 4.57 Å². The monoisotopic (exact) mass is 316 g/mol. The molecule has 22 heavy (non-hydrogen) atoms. The topological polar surface area (TPSA) is 52.7 Å². The molecule has 3 heterocycles. The van der Waals surface area contributed by atoms with Crippen molar-refractivity contribution in [1.29, 1.82) is 0 Å². The highest BCUT2D eigenvalue weighted by Crippen LogP contribution is 2.34. The first kappa shape index (κ1) is 13.8. The van der Waals surface area contributed by atoms with E-state index in [-0.39, 0.29) is 11.8 Å². The molecule has 4 rings (SSSR count). The van der Waals surface area contributed by atoms with Gasteiger partial charge >= 0.3 is 0 Å². The minimum atomic E-state index is 0.0847. The molecule has 3 aromatic heterocycles. The average molecular weight is 317 g/mol. The Morgan fingerprint density at radius 2 is 2.05 bits per heavy atom. The van der Waals surface area contributed by atoms with Crippen LogP contribution in [0.3, 0.4) is 0 Å². The lowest BCUT2D eigenvalue weighted by molar-refractivity contribution is 0.0812. The Kier molecular flexibility index (Phi) is 3.18. The number of aryl methyl sites for hydroxylation is 1. The molecule has 0 aromatic carbocycles. The summed E-state index contributed by atoms with van der Waals surface area (Å²) in [5, 5.41) is 1.16. The van der Waals surface area contributed by atoms with Gasteiger partial charge in [-0.15, -0.1) is 0 Å². The predicted molar refractivity (Wildman–Crippen MR) is 86.2 cm³/mol. The van der Waals surface area contributed by atoms with Gasteiger partial charge in [0, 0.05) is 19.2 Å². The first-order valence-electron chi connectivity index (χ1n) is 7.68. The van der Waals surface area contributed by atoms with Crippen LogP contribution in [0.5, 0.6) is 0 Å². The van der Waals surface area contributed by atoms with Crippen LogP contribution in [0.1, 0.15) is 36.9 Å². The van der Waals surface area contributed by atoms with Gasteiger partial charge in [-0.1, -0.05) is 30.9 Å². The SMILES string of the molecule is Cn1ccc2c1c1c(Cl)ncnc1n2C(=O)C1CCCCC1.